The summed E-state index contributed by atoms with van der Waals surface area (Å²) in [7, 11) is 0. The Morgan fingerprint density at radius 2 is 2.08 bits per heavy atom. The molecule has 3 rings (SSSR count). The number of morpholine rings is 1. The van der Waals surface area contributed by atoms with Gasteiger partial charge in [0, 0.05) is 17.8 Å². The summed E-state index contributed by atoms with van der Waals surface area (Å²) >= 11 is 1.66. The summed E-state index contributed by atoms with van der Waals surface area (Å²) in [5, 5.41) is 3.17. The summed E-state index contributed by atoms with van der Waals surface area (Å²) in [6, 6.07) is 0. The molecule has 6 heteroatoms. The second kappa shape index (κ2) is 7.40. The number of hydrogen-bond acceptors (Lipinski definition) is 5. The highest BCUT2D eigenvalue weighted by Gasteiger charge is 2.31. The van der Waals surface area contributed by atoms with Crippen molar-refractivity contribution in [2.75, 3.05) is 19.7 Å². The van der Waals surface area contributed by atoms with Crippen LogP contribution in [0, 0.1) is 0 Å². The van der Waals surface area contributed by atoms with Crippen molar-refractivity contribution in [1.29, 1.82) is 0 Å². The molecular formula is C18H28N2O3S. The molecule has 1 aromatic rings. The minimum atomic E-state index is -0.472. The van der Waals surface area contributed by atoms with Gasteiger partial charge in [-0.15, -0.1) is 11.3 Å². The Hall–Kier alpha value is -1.14. The predicted octanol–water partition coefficient (Wildman–Crippen LogP) is 4.50. The van der Waals surface area contributed by atoms with Crippen LogP contribution in [0.15, 0.2) is 5.38 Å². The Labute approximate surface area is 148 Å². The first-order chi connectivity index (χ1) is 11.4. The maximum Gasteiger partial charge on any atom is 0.410 e. The lowest BCUT2D eigenvalue weighted by atomic mass is 9.87. The van der Waals surface area contributed by atoms with E-state index in [2.05, 4.69) is 5.38 Å². The van der Waals surface area contributed by atoms with Gasteiger partial charge in [-0.2, -0.15) is 0 Å². The molecule has 2 aliphatic rings. The highest BCUT2D eigenvalue weighted by Crippen LogP contribution is 2.35. The van der Waals surface area contributed by atoms with Gasteiger partial charge in [0.15, 0.2) is 0 Å². The van der Waals surface area contributed by atoms with E-state index in [0.717, 1.165) is 5.01 Å². The molecule has 0 aromatic carbocycles. The summed E-state index contributed by atoms with van der Waals surface area (Å²) in [5.41, 5.74) is 0.743. The third-order valence-electron chi connectivity index (χ3n) is 4.56. The number of carbonyl (C=O) groups excluding carboxylic acids is 1. The third kappa shape index (κ3) is 4.48. The van der Waals surface area contributed by atoms with Gasteiger partial charge in [0.25, 0.3) is 0 Å². The second-order valence-corrected chi connectivity index (χ2v) is 8.62. The van der Waals surface area contributed by atoms with Crippen LogP contribution in [0.25, 0.3) is 0 Å². The lowest BCUT2D eigenvalue weighted by Gasteiger charge is -2.33. The van der Waals surface area contributed by atoms with Gasteiger partial charge in [0.1, 0.15) is 16.7 Å². The van der Waals surface area contributed by atoms with E-state index in [1.54, 1.807) is 16.2 Å². The molecule has 24 heavy (non-hydrogen) atoms. The SMILES string of the molecule is CC(C)(C)OC(=O)N1CCOC(c2nc(C3CCCCC3)cs2)C1. The topological polar surface area (TPSA) is 51.7 Å². The summed E-state index contributed by atoms with van der Waals surface area (Å²) in [6.07, 6.45) is 6.07. The lowest BCUT2D eigenvalue weighted by molar-refractivity contribution is -0.0433. The number of carbonyl (C=O) groups is 1. The van der Waals surface area contributed by atoms with Crippen molar-refractivity contribution in [3.8, 4) is 0 Å². The maximum absolute atomic E-state index is 12.3. The molecular weight excluding hydrogens is 324 g/mol. The molecule has 1 aliphatic heterocycles. The van der Waals surface area contributed by atoms with Crippen molar-refractivity contribution in [2.45, 2.75) is 70.5 Å². The van der Waals surface area contributed by atoms with Crippen LogP contribution in [-0.4, -0.2) is 41.3 Å². The van der Waals surface area contributed by atoms with Crippen LogP contribution in [0.1, 0.15) is 75.6 Å². The standard InChI is InChI=1S/C18H28N2O3S/c1-18(2,3)23-17(21)20-9-10-22-15(11-20)16-19-14(12-24-16)13-7-5-4-6-8-13/h12-13,15H,4-11H2,1-3H3. The Morgan fingerprint density at radius 3 is 2.79 bits per heavy atom. The molecule has 0 N–H and O–H groups in total. The van der Waals surface area contributed by atoms with Gasteiger partial charge in [-0.25, -0.2) is 9.78 Å². The fourth-order valence-corrected chi connectivity index (χ4v) is 4.26. The number of nitrogens with zero attached hydrogens (tertiary/aromatic N) is 2. The first kappa shape index (κ1) is 17.7. The van der Waals surface area contributed by atoms with Crippen molar-refractivity contribution in [1.82, 2.24) is 9.88 Å². The molecule has 0 bridgehead atoms. The largest absolute Gasteiger partial charge is 0.444 e. The molecule has 1 aliphatic carbocycles. The molecule has 2 fully saturated rings. The van der Waals surface area contributed by atoms with Crippen LogP contribution in [0.2, 0.25) is 0 Å². The number of rotatable bonds is 2. The maximum atomic E-state index is 12.3. The van der Waals surface area contributed by atoms with E-state index in [4.69, 9.17) is 14.5 Å². The molecule has 134 valence electrons. The minimum absolute atomic E-state index is 0.131. The normalized spacial score (nSPS) is 23.3. The van der Waals surface area contributed by atoms with Gasteiger partial charge >= 0.3 is 6.09 Å². The van der Waals surface area contributed by atoms with Gasteiger partial charge in [0.2, 0.25) is 0 Å². The smallest absolute Gasteiger partial charge is 0.410 e. The molecule has 0 spiro atoms. The van der Waals surface area contributed by atoms with Crippen LogP contribution >= 0.6 is 11.3 Å². The number of hydrogen-bond donors (Lipinski definition) is 0. The molecule has 2 heterocycles. The van der Waals surface area contributed by atoms with E-state index in [1.807, 2.05) is 20.8 Å². The number of thiazole rings is 1. The molecule has 1 saturated heterocycles. The molecule has 1 unspecified atom stereocenters. The van der Waals surface area contributed by atoms with Crippen molar-refractivity contribution < 1.29 is 14.3 Å². The highest BCUT2D eigenvalue weighted by atomic mass is 32.1. The van der Waals surface area contributed by atoms with Crippen LogP contribution in [0.5, 0.6) is 0 Å². The van der Waals surface area contributed by atoms with Gasteiger partial charge in [-0.05, 0) is 33.6 Å². The van der Waals surface area contributed by atoms with E-state index in [9.17, 15) is 4.79 Å². The Balaban J connectivity index is 1.62. The van der Waals surface area contributed by atoms with Gasteiger partial charge < -0.3 is 14.4 Å². The summed E-state index contributed by atoms with van der Waals surface area (Å²) in [6.45, 7) is 7.29. The van der Waals surface area contributed by atoms with Crippen molar-refractivity contribution >= 4 is 17.4 Å². The average molecular weight is 353 g/mol. The molecule has 1 saturated carbocycles. The zero-order chi connectivity index (χ0) is 17.2. The van der Waals surface area contributed by atoms with Crippen molar-refractivity contribution in [3.05, 3.63) is 16.1 Å². The van der Waals surface area contributed by atoms with E-state index in [-0.39, 0.29) is 12.2 Å². The third-order valence-corrected chi connectivity index (χ3v) is 5.51. The highest BCUT2D eigenvalue weighted by molar-refractivity contribution is 7.09. The van der Waals surface area contributed by atoms with Gasteiger partial charge in [-0.3, -0.25) is 0 Å². The fourth-order valence-electron chi connectivity index (χ4n) is 3.33. The van der Waals surface area contributed by atoms with E-state index < -0.39 is 5.60 Å². The average Bonchev–Trinajstić information content (AvgIpc) is 3.04. The van der Waals surface area contributed by atoms with Crippen LogP contribution in [-0.2, 0) is 9.47 Å². The number of ether oxygens (including phenoxy) is 2. The quantitative estimate of drug-likeness (QED) is 0.786. The van der Waals surface area contributed by atoms with Crippen LogP contribution < -0.4 is 0 Å². The predicted molar refractivity (Wildman–Crippen MR) is 94.4 cm³/mol. The summed E-state index contributed by atoms with van der Waals surface area (Å²) in [4.78, 5) is 18.9. The fraction of sp³-hybridized carbons (Fsp3) is 0.778. The molecule has 1 aromatic heterocycles. The molecule has 0 radical (unpaired) electrons. The van der Waals surface area contributed by atoms with Crippen LogP contribution in [0.4, 0.5) is 4.79 Å². The van der Waals surface area contributed by atoms with E-state index >= 15 is 0 Å². The Kier molecular flexibility index (Phi) is 5.45. The monoisotopic (exact) mass is 352 g/mol. The zero-order valence-corrected chi connectivity index (χ0v) is 15.7. The second-order valence-electron chi connectivity index (χ2n) is 7.73. The van der Waals surface area contributed by atoms with Gasteiger partial charge in [-0.1, -0.05) is 19.3 Å². The van der Waals surface area contributed by atoms with Crippen molar-refractivity contribution in [2.24, 2.45) is 0 Å². The Morgan fingerprint density at radius 1 is 1.33 bits per heavy atom. The summed E-state index contributed by atoms with van der Waals surface area (Å²) in [5.74, 6) is 0.606. The van der Waals surface area contributed by atoms with E-state index in [1.165, 1.54) is 37.8 Å². The van der Waals surface area contributed by atoms with Crippen molar-refractivity contribution in [3.63, 3.8) is 0 Å². The van der Waals surface area contributed by atoms with E-state index in [0.29, 0.717) is 25.6 Å². The first-order valence-electron chi connectivity index (χ1n) is 8.97. The number of aromatic nitrogens is 1. The lowest BCUT2D eigenvalue weighted by Crippen LogP contribution is -2.44. The minimum Gasteiger partial charge on any atom is -0.444 e. The Bertz CT molecular complexity index is 561. The first-order valence-corrected chi connectivity index (χ1v) is 9.85. The summed E-state index contributed by atoms with van der Waals surface area (Å²) < 4.78 is 11.3. The van der Waals surface area contributed by atoms with Crippen LogP contribution in [0.3, 0.4) is 0 Å². The van der Waals surface area contributed by atoms with Gasteiger partial charge in [0.05, 0.1) is 18.8 Å². The molecule has 5 nitrogen and oxygen atoms in total. The molecule has 1 atom stereocenters. The number of amides is 1. The zero-order valence-electron chi connectivity index (χ0n) is 14.9. The molecule has 1 amide bonds.